The second kappa shape index (κ2) is 15.2. The summed E-state index contributed by atoms with van der Waals surface area (Å²) in [7, 11) is 0. The molecule has 0 heterocycles. The molecule has 0 fully saturated rings. The minimum absolute atomic E-state index is 0.735. The van der Waals surface area contributed by atoms with Crippen LogP contribution in [0.2, 0.25) is 0 Å². The average Bonchev–Trinajstić information content (AvgIpc) is 3.05. The number of nitrogens with zero attached hydrogens (tertiary/aromatic N) is 2. The SMILES string of the molecule is CCCCOc1ccc(N(c2ccc(OCCCC)cc2)c2ccc(N(c3ccc(C)cc3)c3ccc(C)cc3)cc2)cc1. The molecule has 5 aromatic rings. The summed E-state index contributed by atoms with van der Waals surface area (Å²) in [4.78, 5) is 4.58. The summed E-state index contributed by atoms with van der Waals surface area (Å²) in [6.07, 6.45) is 4.33. The zero-order valence-corrected chi connectivity index (χ0v) is 26.5. The normalized spacial score (nSPS) is 10.8. The number of rotatable bonds is 14. The maximum Gasteiger partial charge on any atom is 0.119 e. The van der Waals surface area contributed by atoms with E-state index >= 15 is 0 Å². The number of anilines is 6. The number of hydrogen-bond acceptors (Lipinski definition) is 4. The predicted molar refractivity (Wildman–Crippen MR) is 186 cm³/mol. The van der Waals surface area contributed by atoms with Gasteiger partial charge in [0.2, 0.25) is 0 Å². The van der Waals surface area contributed by atoms with Crippen LogP contribution in [0.25, 0.3) is 0 Å². The molecular weight excluding hydrogens is 540 g/mol. The Kier molecular flexibility index (Phi) is 10.6. The van der Waals surface area contributed by atoms with E-state index in [9.17, 15) is 0 Å². The molecule has 0 N–H and O–H groups in total. The lowest BCUT2D eigenvalue weighted by Gasteiger charge is -2.28. The first-order chi connectivity index (χ1) is 21.6. The van der Waals surface area contributed by atoms with Gasteiger partial charge in [-0.3, -0.25) is 0 Å². The summed E-state index contributed by atoms with van der Waals surface area (Å²) in [6.45, 7) is 10.1. The first-order valence-corrected chi connectivity index (χ1v) is 15.8. The molecule has 44 heavy (non-hydrogen) atoms. The summed E-state index contributed by atoms with van der Waals surface area (Å²) in [5, 5.41) is 0. The fourth-order valence-electron chi connectivity index (χ4n) is 5.08. The van der Waals surface area contributed by atoms with E-state index in [-0.39, 0.29) is 0 Å². The van der Waals surface area contributed by atoms with Gasteiger partial charge in [-0.2, -0.15) is 0 Å². The molecule has 0 aliphatic carbocycles. The van der Waals surface area contributed by atoms with E-state index in [2.05, 4.69) is 159 Å². The van der Waals surface area contributed by atoms with E-state index in [4.69, 9.17) is 9.47 Å². The molecule has 0 unspecified atom stereocenters. The molecule has 0 aliphatic heterocycles. The third kappa shape index (κ3) is 7.82. The van der Waals surface area contributed by atoms with Crippen LogP contribution in [-0.2, 0) is 0 Å². The van der Waals surface area contributed by atoms with E-state index in [1.807, 2.05) is 0 Å². The third-order valence-electron chi connectivity index (χ3n) is 7.67. The first kappa shape index (κ1) is 30.7. The van der Waals surface area contributed by atoms with Crippen LogP contribution < -0.4 is 19.3 Å². The molecule has 5 aromatic carbocycles. The van der Waals surface area contributed by atoms with Gasteiger partial charge in [0.25, 0.3) is 0 Å². The molecule has 0 amide bonds. The van der Waals surface area contributed by atoms with Crippen LogP contribution in [0.4, 0.5) is 34.1 Å². The molecule has 0 aliphatic rings. The Morgan fingerprint density at radius 3 is 0.909 bits per heavy atom. The fraction of sp³-hybridized carbons (Fsp3) is 0.250. The van der Waals surface area contributed by atoms with Crippen molar-refractivity contribution in [2.45, 2.75) is 53.4 Å². The maximum absolute atomic E-state index is 5.96. The molecule has 0 saturated heterocycles. The summed E-state index contributed by atoms with van der Waals surface area (Å²) < 4.78 is 11.9. The van der Waals surface area contributed by atoms with Crippen LogP contribution in [-0.4, -0.2) is 13.2 Å². The van der Waals surface area contributed by atoms with E-state index in [1.54, 1.807) is 0 Å². The maximum atomic E-state index is 5.96. The Labute approximate surface area is 263 Å². The number of aryl methyl sites for hydroxylation is 2. The van der Waals surface area contributed by atoms with Crippen molar-refractivity contribution < 1.29 is 9.47 Å². The second-order valence-electron chi connectivity index (χ2n) is 11.3. The highest BCUT2D eigenvalue weighted by molar-refractivity contribution is 5.81. The van der Waals surface area contributed by atoms with Crippen molar-refractivity contribution in [3.05, 3.63) is 132 Å². The van der Waals surface area contributed by atoms with Crippen LogP contribution >= 0.6 is 0 Å². The number of benzene rings is 5. The predicted octanol–water partition coefficient (Wildman–Crippen LogP) is 11.6. The zero-order valence-electron chi connectivity index (χ0n) is 26.5. The van der Waals surface area contributed by atoms with Gasteiger partial charge < -0.3 is 19.3 Å². The van der Waals surface area contributed by atoms with Crippen molar-refractivity contribution in [1.82, 2.24) is 0 Å². The lowest BCUT2D eigenvalue weighted by molar-refractivity contribution is 0.309. The van der Waals surface area contributed by atoms with Crippen molar-refractivity contribution in [1.29, 1.82) is 0 Å². The molecule has 0 aromatic heterocycles. The molecule has 226 valence electrons. The minimum atomic E-state index is 0.735. The van der Waals surface area contributed by atoms with Gasteiger partial charge in [-0.25, -0.2) is 0 Å². The summed E-state index contributed by atoms with van der Waals surface area (Å²) in [5.74, 6) is 1.79. The Morgan fingerprint density at radius 2 is 0.636 bits per heavy atom. The van der Waals surface area contributed by atoms with Crippen molar-refractivity contribution in [3.8, 4) is 11.5 Å². The Bertz CT molecular complexity index is 1460. The van der Waals surface area contributed by atoms with Gasteiger partial charge in [-0.05, 0) is 124 Å². The Balaban J connectivity index is 1.49. The quantitative estimate of drug-likeness (QED) is 0.121. The van der Waals surface area contributed by atoms with Crippen molar-refractivity contribution in [2.75, 3.05) is 23.0 Å². The van der Waals surface area contributed by atoms with E-state index in [0.717, 1.165) is 84.5 Å². The van der Waals surface area contributed by atoms with Gasteiger partial charge in [-0.1, -0.05) is 62.1 Å². The topological polar surface area (TPSA) is 24.9 Å². The Morgan fingerprint density at radius 1 is 0.386 bits per heavy atom. The minimum Gasteiger partial charge on any atom is -0.494 e. The molecule has 0 radical (unpaired) electrons. The molecular formula is C40H44N2O2. The standard InChI is InChI=1S/C40H44N2O2/c1-5-7-29-43-39-25-21-37(22-26-39)42(38-23-27-40(28-24-38)44-30-8-6-2)36-19-17-35(18-20-36)41(33-13-9-31(3)10-14-33)34-15-11-32(4)12-16-34/h9-28H,5-8,29-30H2,1-4H3. The largest absolute Gasteiger partial charge is 0.494 e. The summed E-state index contributed by atoms with van der Waals surface area (Å²) in [6, 6.07) is 43.0. The lowest BCUT2D eigenvalue weighted by atomic mass is 10.1. The van der Waals surface area contributed by atoms with Crippen molar-refractivity contribution in [2.24, 2.45) is 0 Å². The Hall–Kier alpha value is -4.70. The van der Waals surface area contributed by atoms with E-state index in [1.165, 1.54) is 11.1 Å². The first-order valence-electron chi connectivity index (χ1n) is 15.8. The average molecular weight is 585 g/mol. The van der Waals surface area contributed by atoms with Gasteiger partial charge in [0, 0.05) is 34.1 Å². The van der Waals surface area contributed by atoms with Crippen LogP contribution in [0.5, 0.6) is 11.5 Å². The van der Waals surface area contributed by atoms with Gasteiger partial charge in [-0.15, -0.1) is 0 Å². The van der Waals surface area contributed by atoms with Gasteiger partial charge >= 0.3 is 0 Å². The molecule has 4 nitrogen and oxygen atoms in total. The monoisotopic (exact) mass is 584 g/mol. The van der Waals surface area contributed by atoms with Gasteiger partial charge in [0.1, 0.15) is 11.5 Å². The smallest absolute Gasteiger partial charge is 0.119 e. The fourth-order valence-corrected chi connectivity index (χ4v) is 5.08. The number of hydrogen-bond donors (Lipinski definition) is 0. The summed E-state index contributed by atoms with van der Waals surface area (Å²) in [5.41, 5.74) is 9.03. The number of unbranched alkanes of at least 4 members (excludes halogenated alkanes) is 2. The van der Waals surface area contributed by atoms with Crippen LogP contribution in [0.3, 0.4) is 0 Å². The zero-order chi connectivity index (χ0) is 30.7. The highest BCUT2D eigenvalue weighted by atomic mass is 16.5. The highest BCUT2D eigenvalue weighted by Crippen LogP contribution is 2.39. The van der Waals surface area contributed by atoms with Crippen molar-refractivity contribution in [3.63, 3.8) is 0 Å². The van der Waals surface area contributed by atoms with Crippen LogP contribution in [0.1, 0.15) is 50.7 Å². The molecule has 0 spiro atoms. The number of ether oxygens (including phenoxy) is 2. The van der Waals surface area contributed by atoms with Crippen LogP contribution in [0.15, 0.2) is 121 Å². The second-order valence-corrected chi connectivity index (χ2v) is 11.3. The van der Waals surface area contributed by atoms with Crippen molar-refractivity contribution >= 4 is 34.1 Å². The summed E-state index contributed by atoms with van der Waals surface area (Å²) >= 11 is 0. The molecule has 0 bridgehead atoms. The van der Waals surface area contributed by atoms with Gasteiger partial charge in [0.05, 0.1) is 13.2 Å². The third-order valence-corrected chi connectivity index (χ3v) is 7.67. The highest BCUT2D eigenvalue weighted by Gasteiger charge is 2.16. The lowest BCUT2D eigenvalue weighted by Crippen LogP contribution is -2.12. The molecule has 4 heteroatoms. The van der Waals surface area contributed by atoms with Crippen LogP contribution in [0, 0.1) is 13.8 Å². The molecule has 0 atom stereocenters. The van der Waals surface area contributed by atoms with E-state index < -0.39 is 0 Å². The molecule has 0 saturated carbocycles. The van der Waals surface area contributed by atoms with E-state index in [0.29, 0.717) is 0 Å². The van der Waals surface area contributed by atoms with Gasteiger partial charge in [0.15, 0.2) is 0 Å². The molecule has 5 rings (SSSR count).